The Morgan fingerprint density at radius 2 is 1.92 bits per heavy atom. The fraction of sp³-hybridized carbons (Fsp3) is 0.150. The number of aromatic amines is 1. The average Bonchev–Trinajstić information content (AvgIpc) is 3.24. The monoisotopic (exact) mass is 350 g/mol. The number of hydrogen-bond donors (Lipinski definition) is 1. The van der Waals surface area contributed by atoms with Crippen molar-refractivity contribution in [2.45, 2.75) is 17.7 Å². The Morgan fingerprint density at radius 1 is 1.08 bits per heavy atom. The molecule has 0 bridgehead atoms. The van der Waals surface area contributed by atoms with Gasteiger partial charge in [-0.3, -0.25) is 0 Å². The van der Waals surface area contributed by atoms with Crippen LogP contribution in [-0.2, 0) is 16.3 Å². The first-order valence-corrected chi connectivity index (χ1v) is 10.0. The van der Waals surface area contributed by atoms with Crippen molar-refractivity contribution in [1.29, 1.82) is 0 Å². The highest BCUT2D eigenvalue weighted by atomic mass is 32.2. The summed E-state index contributed by atoms with van der Waals surface area (Å²) >= 11 is 0. The smallest absolute Gasteiger partial charge is 0.175 e. The lowest BCUT2D eigenvalue weighted by atomic mass is 9.99. The molecule has 0 aliphatic heterocycles. The van der Waals surface area contributed by atoms with Gasteiger partial charge < -0.3 is 4.98 Å². The van der Waals surface area contributed by atoms with E-state index in [1.54, 1.807) is 24.5 Å². The molecule has 0 unspecified atom stereocenters. The van der Waals surface area contributed by atoms with Crippen molar-refractivity contribution >= 4 is 21.5 Å². The highest BCUT2D eigenvalue weighted by molar-refractivity contribution is 7.90. The summed E-state index contributed by atoms with van der Waals surface area (Å²) in [5.41, 5.74) is 6.68. The summed E-state index contributed by atoms with van der Waals surface area (Å²) in [6.07, 6.45) is 8.92. The van der Waals surface area contributed by atoms with Gasteiger partial charge in [0, 0.05) is 12.5 Å². The molecule has 0 atom stereocenters. The van der Waals surface area contributed by atoms with Crippen molar-refractivity contribution < 1.29 is 8.42 Å². The van der Waals surface area contributed by atoms with Crippen LogP contribution in [0.3, 0.4) is 0 Å². The van der Waals surface area contributed by atoms with Crippen LogP contribution in [0.2, 0.25) is 0 Å². The summed E-state index contributed by atoms with van der Waals surface area (Å²) < 4.78 is 23.6. The number of benzene rings is 2. The molecule has 2 aromatic carbocycles. The van der Waals surface area contributed by atoms with Gasteiger partial charge in [0.05, 0.1) is 16.9 Å². The topological polar surface area (TPSA) is 62.8 Å². The van der Waals surface area contributed by atoms with Gasteiger partial charge in [-0.1, -0.05) is 24.3 Å². The van der Waals surface area contributed by atoms with Crippen molar-refractivity contribution in [3.05, 3.63) is 71.8 Å². The Balaban J connectivity index is 1.77. The molecule has 1 heterocycles. The molecule has 126 valence electrons. The molecule has 3 aromatic rings. The van der Waals surface area contributed by atoms with Gasteiger partial charge in [0.25, 0.3) is 0 Å². The summed E-state index contributed by atoms with van der Waals surface area (Å²) in [7, 11) is -3.21. The Morgan fingerprint density at radius 3 is 2.68 bits per heavy atom. The van der Waals surface area contributed by atoms with E-state index in [-0.39, 0.29) is 0 Å². The number of nitrogens with one attached hydrogen (secondary N) is 1. The van der Waals surface area contributed by atoms with Crippen LogP contribution in [0, 0.1) is 0 Å². The summed E-state index contributed by atoms with van der Waals surface area (Å²) in [6.45, 7) is 0. The maximum atomic E-state index is 11.8. The van der Waals surface area contributed by atoms with Crippen molar-refractivity contribution in [3.8, 4) is 11.1 Å². The van der Waals surface area contributed by atoms with Gasteiger partial charge in [-0.05, 0) is 64.9 Å². The Bertz CT molecular complexity index is 1060. The van der Waals surface area contributed by atoms with E-state index in [9.17, 15) is 8.42 Å². The third-order valence-corrected chi connectivity index (χ3v) is 5.67. The van der Waals surface area contributed by atoms with Crippen LogP contribution in [0.1, 0.15) is 23.2 Å². The quantitative estimate of drug-likeness (QED) is 0.777. The maximum absolute atomic E-state index is 11.8. The minimum absolute atomic E-state index is 0.345. The predicted molar refractivity (Wildman–Crippen MR) is 99.8 cm³/mol. The van der Waals surface area contributed by atoms with Crippen molar-refractivity contribution in [3.63, 3.8) is 0 Å². The van der Waals surface area contributed by atoms with Gasteiger partial charge in [0.15, 0.2) is 9.84 Å². The largest absolute Gasteiger partial charge is 0.351 e. The second-order valence-corrected chi connectivity index (χ2v) is 8.35. The zero-order valence-electron chi connectivity index (χ0n) is 13.9. The zero-order valence-corrected chi connectivity index (χ0v) is 14.7. The van der Waals surface area contributed by atoms with Gasteiger partial charge in [0.1, 0.15) is 0 Å². The summed E-state index contributed by atoms with van der Waals surface area (Å²) in [5.74, 6) is 0. The number of imidazole rings is 1. The average molecular weight is 350 g/mol. The third kappa shape index (κ3) is 3.15. The van der Waals surface area contributed by atoms with Crippen LogP contribution in [0.5, 0.6) is 0 Å². The number of sulfone groups is 1. The number of hydrogen-bond acceptors (Lipinski definition) is 3. The van der Waals surface area contributed by atoms with Gasteiger partial charge in [-0.25, -0.2) is 13.4 Å². The van der Waals surface area contributed by atoms with Crippen molar-refractivity contribution in [2.24, 2.45) is 0 Å². The number of aryl methyl sites for hydroxylation is 1. The number of H-pyrrole nitrogens is 1. The molecular formula is C20H18N2O2S. The van der Waals surface area contributed by atoms with Crippen LogP contribution in [0.15, 0.2) is 59.9 Å². The molecule has 0 amide bonds. The highest BCUT2D eigenvalue weighted by Crippen LogP contribution is 2.36. The molecule has 25 heavy (non-hydrogen) atoms. The Labute approximate surface area is 147 Å². The van der Waals surface area contributed by atoms with Gasteiger partial charge in [-0.15, -0.1) is 0 Å². The van der Waals surface area contributed by atoms with E-state index in [0.717, 1.165) is 29.7 Å². The van der Waals surface area contributed by atoms with Crippen LogP contribution < -0.4 is 0 Å². The molecule has 0 radical (unpaired) electrons. The van der Waals surface area contributed by atoms with E-state index in [4.69, 9.17) is 0 Å². The number of nitrogens with zero attached hydrogens (tertiary/aromatic N) is 1. The van der Waals surface area contributed by atoms with E-state index in [2.05, 4.69) is 34.2 Å². The second-order valence-electron chi connectivity index (χ2n) is 6.34. The maximum Gasteiger partial charge on any atom is 0.175 e. The minimum Gasteiger partial charge on any atom is -0.351 e. The molecule has 1 aliphatic rings. The number of allylic oxidation sites excluding steroid dienone is 1. The molecule has 0 saturated heterocycles. The molecule has 0 saturated carbocycles. The first-order chi connectivity index (χ1) is 12.0. The van der Waals surface area contributed by atoms with Crippen molar-refractivity contribution in [2.75, 3.05) is 6.26 Å². The lowest BCUT2D eigenvalue weighted by Crippen LogP contribution is -1.96. The van der Waals surface area contributed by atoms with E-state index < -0.39 is 9.84 Å². The van der Waals surface area contributed by atoms with E-state index >= 15 is 0 Å². The van der Waals surface area contributed by atoms with Crippen LogP contribution in [-0.4, -0.2) is 24.6 Å². The van der Waals surface area contributed by atoms with Crippen LogP contribution >= 0.6 is 0 Å². The highest BCUT2D eigenvalue weighted by Gasteiger charge is 2.17. The summed E-state index contributed by atoms with van der Waals surface area (Å²) in [5, 5.41) is 0. The van der Waals surface area contributed by atoms with E-state index in [1.807, 2.05) is 12.3 Å². The zero-order chi connectivity index (χ0) is 17.4. The SMILES string of the molecule is CS(=O)(=O)c1cccc(-c2ccc3c(c2)/C(=C/c2c[nH]cn2)CC3)c1. The Hall–Kier alpha value is -2.66. The second kappa shape index (κ2) is 6.01. The predicted octanol–water partition coefficient (Wildman–Crippen LogP) is 3.97. The lowest BCUT2D eigenvalue weighted by molar-refractivity contribution is 0.602. The molecule has 1 N–H and O–H groups in total. The Kier molecular flexibility index (Phi) is 3.81. The van der Waals surface area contributed by atoms with Gasteiger partial charge in [0.2, 0.25) is 0 Å². The fourth-order valence-electron chi connectivity index (χ4n) is 3.26. The van der Waals surface area contributed by atoms with E-state index in [1.165, 1.54) is 23.0 Å². The van der Waals surface area contributed by atoms with Crippen molar-refractivity contribution in [1.82, 2.24) is 9.97 Å². The van der Waals surface area contributed by atoms with Crippen LogP contribution in [0.25, 0.3) is 22.8 Å². The van der Waals surface area contributed by atoms with Crippen LogP contribution in [0.4, 0.5) is 0 Å². The fourth-order valence-corrected chi connectivity index (χ4v) is 3.93. The first kappa shape index (κ1) is 15.8. The molecular weight excluding hydrogens is 332 g/mol. The van der Waals surface area contributed by atoms with Gasteiger partial charge in [-0.2, -0.15) is 0 Å². The minimum atomic E-state index is -3.21. The molecule has 0 fully saturated rings. The number of fused-ring (bicyclic) bond motifs is 1. The molecule has 0 spiro atoms. The summed E-state index contributed by atoms with van der Waals surface area (Å²) in [6, 6.07) is 13.5. The molecule has 4 nitrogen and oxygen atoms in total. The summed E-state index contributed by atoms with van der Waals surface area (Å²) in [4.78, 5) is 7.59. The lowest BCUT2D eigenvalue weighted by Gasteiger charge is -2.08. The molecule has 1 aromatic heterocycles. The molecule has 5 heteroatoms. The number of aromatic nitrogens is 2. The standard InChI is InChI=1S/C20H18N2O2S/c1-25(23,24)19-4-2-3-15(10-19)16-7-5-14-6-8-17(20(14)11-16)9-18-12-21-13-22-18/h2-5,7,9-13H,6,8H2,1H3,(H,21,22)/b17-9+. The number of rotatable bonds is 3. The molecule has 1 aliphatic carbocycles. The first-order valence-electron chi connectivity index (χ1n) is 8.14. The van der Waals surface area contributed by atoms with E-state index in [0.29, 0.717) is 4.90 Å². The normalized spacial score (nSPS) is 15.5. The van der Waals surface area contributed by atoms with Gasteiger partial charge >= 0.3 is 0 Å². The third-order valence-electron chi connectivity index (χ3n) is 4.56. The molecule has 4 rings (SSSR count).